The molecule has 4 heteroatoms. The average Bonchev–Trinajstić information content (AvgIpc) is 2.21. The molecule has 1 unspecified atom stereocenters. The molecular weight excluding hydrogens is 190 g/mol. The van der Waals surface area contributed by atoms with Gasteiger partial charge in [-0.3, -0.25) is 10.3 Å². The summed E-state index contributed by atoms with van der Waals surface area (Å²) < 4.78 is 5.59. The molecule has 1 atom stereocenters. The van der Waals surface area contributed by atoms with Crippen LogP contribution in [0.4, 0.5) is 0 Å². The maximum Gasteiger partial charge on any atom is 0.108 e. The third kappa shape index (κ3) is 3.47. The van der Waals surface area contributed by atoms with Gasteiger partial charge in [0.05, 0.1) is 12.1 Å². The number of hydrogen-bond acceptors (Lipinski definition) is 3. The van der Waals surface area contributed by atoms with Crippen LogP contribution in [0.1, 0.15) is 33.1 Å². The molecule has 0 aromatic rings. The van der Waals surface area contributed by atoms with Crippen molar-refractivity contribution in [3.63, 3.8) is 0 Å². The van der Waals surface area contributed by atoms with Crippen molar-refractivity contribution in [2.75, 3.05) is 19.7 Å². The van der Waals surface area contributed by atoms with E-state index in [1.165, 1.54) is 0 Å². The molecule has 3 N–H and O–H groups in total. The van der Waals surface area contributed by atoms with Crippen LogP contribution in [0.3, 0.4) is 0 Å². The third-order valence-electron chi connectivity index (χ3n) is 3.07. The number of likely N-dealkylation sites (tertiary alicyclic amines) is 1. The lowest BCUT2D eigenvalue weighted by Crippen LogP contribution is -2.48. The van der Waals surface area contributed by atoms with Crippen molar-refractivity contribution in [1.82, 2.24) is 4.90 Å². The van der Waals surface area contributed by atoms with Gasteiger partial charge in [-0.1, -0.05) is 6.92 Å². The fourth-order valence-electron chi connectivity index (χ4n) is 2.26. The smallest absolute Gasteiger partial charge is 0.108 e. The van der Waals surface area contributed by atoms with Gasteiger partial charge >= 0.3 is 0 Å². The number of amidine groups is 1. The highest BCUT2D eigenvalue weighted by atomic mass is 16.5. The Labute approximate surface area is 92.3 Å². The van der Waals surface area contributed by atoms with Crippen molar-refractivity contribution in [2.45, 2.75) is 45.3 Å². The number of nitrogens with two attached hydrogens (primary N) is 1. The van der Waals surface area contributed by atoms with Gasteiger partial charge in [0.1, 0.15) is 5.84 Å². The highest BCUT2D eigenvalue weighted by Crippen LogP contribution is 2.17. The molecule has 88 valence electrons. The summed E-state index contributed by atoms with van der Waals surface area (Å²) in [5.41, 5.74) is 5.58. The van der Waals surface area contributed by atoms with Crippen LogP contribution in [-0.4, -0.2) is 42.6 Å². The van der Waals surface area contributed by atoms with Gasteiger partial charge in [0.15, 0.2) is 0 Å². The molecule has 1 fully saturated rings. The molecule has 0 spiro atoms. The summed E-state index contributed by atoms with van der Waals surface area (Å²) in [6.07, 6.45) is 3.47. The molecule has 0 amide bonds. The van der Waals surface area contributed by atoms with E-state index in [9.17, 15) is 0 Å². The second-order valence-corrected chi connectivity index (χ2v) is 4.07. The Morgan fingerprint density at radius 3 is 2.47 bits per heavy atom. The normalized spacial score (nSPS) is 21.5. The molecule has 1 saturated heterocycles. The van der Waals surface area contributed by atoms with E-state index in [0.717, 1.165) is 39.0 Å². The molecule has 0 aromatic carbocycles. The van der Waals surface area contributed by atoms with Crippen molar-refractivity contribution in [1.29, 1.82) is 5.41 Å². The highest BCUT2D eigenvalue weighted by Gasteiger charge is 2.25. The minimum absolute atomic E-state index is 0.132. The largest absolute Gasteiger partial charge is 0.386 e. The molecule has 0 radical (unpaired) electrons. The fraction of sp³-hybridized carbons (Fsp3) is 0.909. The first-order chi connectivity index (χ1) is 7.19. The van der Waals surface area contributed by atoms with Crippen LogP contribution in [0.2, 0.25) is 0 Å². The second kappa shape index (κ2) is 6.08. The molecule has 1 aliphatic heterocycles. The molecule has 1 heterocycles. The molecule has 4 nitrogen and oxygen atoms in total. The molecule has 0 saturated carbocycles. The Hall–Kier alpha value is -0.610. The minimum Gasteiger partial charge on any atom is -0.386 e. The van der Waals surface area contributed by atoms with Crippen molar-refractivity contribution in [2.24, 2.45) is 5.73 Å². The lowest BCUT2D eigenvalue weighted by Gasteiger charge is -2.36. The van der Waals surface area contributed by atoms with Crippen LogP contribution in [-0.2, 0) is 4.74 Å². The second-order valence-electron chi connectivity index (χ2n) is 4.07. The Kier molecular flexibility index (Phi) is 5.05. The first-order valence-electron chi connectivity index (χ1n) is 5.88. The van der Waals surface area contributed by atoms with Gasteiger partial charge < -0.3 is 10.5 Å². The number of rotatable bonds is 5. The van der Waals surface area contributed by atoms with Crippen molar-refractivity contribution < 1.29 is 4.74 Å². The summed E-state index contributed by atoms with van der Waals surface area (Å²) in [6, 6.07) is 0.132. The molecule has 0 bridgehead atoms. The summed E-state index contributed by atoms with van der Waals surface area (Å²) >= 11 is 0. The predicted molar refractivity (Wildman–Crippen MR) is 62.2 cm³/mol. The van der Waals surface area contributed by atoms with Crippen LogP contribution in [0, 0.1) is 5.41 Å². The zero-order valence-corrected chi connectivity index (χ0v) is 9.83. The lowest BCUT2D eigenvalue weighted by molar-refractivity contribution is 0.00969. The average molecular weight is 213 g/mol. The maximum absolute atomic E-state index is 7.52. The zero-order chi connectivity index (χ0) is 11.3. The van der Waals surface area contributed by atoms with E-state index in [1.807, 2.05) is 6.92 Å². The van der Waals surface area contributed by atoms with Gasteiger partial charge in [0.25, 0.3) is 0 Å². The summed E-state index contributed by atoms with van der Waals surface area (Å²) in [7, 11) is 0. The van der Waals surface area contributed by atoms with Crippen LogP contribution in [0.25, 0.3) is 0 Å². The Bertz CT molecular complexity index is 200. The van der Waals surface area contributed by atoms with Crippen LogP contribution in [0.15, 0.2) is 0 Å². The first-order valence-corrected chi connectivity index (χ1v) is 5.88. The Balaban J connectivity index is 2.38. The Morgan fingerprint density at radius 2 is 2.07 bits per heavy atom. The van der Waals surface area contributed by atoms with Crippen LogP contribution < -0.4 is 5.73 Å². The molecule has 0 aromatic heterocycles. The standard InChI is InChI=1S/C11H23N3O/c1-3-10(11(12)13)14-7-5-9(6-8-14)15-4-2/h9-10H,3-8H2,1-2H3,(H3,12,13). The van der Waals surface area contributed by atoms with Crippen molar-refractivity contribution >= 4 is 5.84 Å². The maximum atomic E-state index is 7.52. The summed E-state index contributed by atoms with van der Waals surface area (Å²) in [5, 5.41) is 7.52. The third-order valence-corrected chi connectivity index (χ3v) is 3.07. The van der Waals surface area contributed by atoms with Crippen molar-refractivity contribution in [3.8, 4) is 0 Å². The fourth-order valence-corrected chi connectivity index (χ4v) is 2.26. The monoisotopic (exact) mass is 213 g/mol. The van der Waals surface area contributed by atoms with E-state index in [2.05, 4.69) is 11.8 Å². The summed E-state index contributed by atoms with van der Waals surface area (Å²) in [6.45, 7) is 6.93. The quantitative estimate of drug-likeness (QED) is 0.533. The van der Waals surface area contributed by atoms with Gasteiger partial charge in [-0.2, -0.15) is 0 Å². The summed E-state index contributed by atoms with van der Waals surface area (Å²) in [5.74, 6) is 0.298. The van der Waals surface area contributed by atoms with Gasteiger partial charge in [-0.05, 0) is 26.2 Å². The lowest BCUT2D eigenvalue weighted by atomic mass is 10.0. The topological polar surface area (TPSA) is 62.3 Å². The van der Waals surface area contributed by atoms with E-state index in [-0.39, 0.29) is 6.04 Å². The van der Waals surface area contributed by atoms with E-state index >= 15 is 0 Å². The van der Waals surface area contributed by atoms with Crippen molar-refractivity contribution in [3.05, 3.63) is 0 Å². The van der Waals surface area contributed by atoms with E-state index in [1.54, 1.807) is 0 Å². The van der Waals surface area contributed by atoms with Gasteiger partial charge in [0.2, 0.25) is 0 Å². The van der Waals surface area contributed by atoms with Gasteiger partial charge in [0, 0.05) is 19.7 Å². The zero-order valence-electron chi connectivity index (χ0n) is 9.83. The SMILES string of the molecule is CCOC1CCN(C(CC)C(=N)N)CC1. The molecular formula is C11H23N3O. The number of hydrogen-bond donors (Lipinski definition) is 2. The predicted octanol–water partition coefficient (Wildman–Crippen LogP) is 1.20. The minimum atomic E-state index is 0.132. The molecule has 15 heavy (non-hydrogen) atoms. The van der Waals surface area contributed by atoms with E-state index in [0.29, 0.717) is 11.9 Å². The number of nitrogens with one attached hydrogen (secondary N) is 1. The number of piperidine rings is 1. The molecule has 1 rings (SSSR count). The highest BCUT2D eigenvalue weighted by molar-refractivity contribution is 5.82. The summed E-state index contributed by atoms with van der Waals surface area (Å²) in [4.78, 5) is 2.30. The molecule has 1 aliphatic rings. The first kappa shape index (κ1) is 12.5. The van der Waals surface area contributed by atoms with E-state index in [4.69, 9.17) is 15.9 Å². The molecule has 0 aliphatic carbocycles. The van der Waals surface area contributed by atoms with Gasteiger partial charge in [-0.25, -0.2) is 0 Å². The van der Waals surface area contributed by atoms with E-state index < -0.39 is 0 Å². The number of ether oxygens (including phenoxy) is 1. The van der Waals surface area contributed by atoms with Crippen LogP contribution >= 0.6 is 0 Å². The Morgan fingerprint density at radius 1 is 1.47 bits per heavy atom. The van der Waals surface area contributed by atoms with Crippen LogP contribution in [0.5, 0.6) is 0 Å². The number of nitrogens with zero attached hydrogens (tertiary/aromatic N) is 1. The van der Waals surface area contributed by atoms with Gasteiger partial charge in [-0.15, -0.1) is 0 Å².